The van der Waals surface area contributed by atoms with E-state index in [-0.39, 0.29) is 30.8 Å². The van der Waals surface area contributed by atoms with Crippen molar-refractivity contribution in [1.29, 1.82) is 0 Å². The number of thiophene rings is 1. The third kappa shape index (κ3) is 6.65. The Balaban J connectivity index is 1.62. The van der Waals surface area contributed by atoms with E-state index in [1.807, 2.05) is 29.6 Å². The fraction of sp³-hybridized carbons (Fsp3) is 0.364. The molecule has 1 N–H and O–H groups in total. The molecular formula is C22H25N3O5S. The Kier molecular flexibility index (Phi) is 7.77. The van der Waals surface area contributed by atoms with Gasteiger partial charge in [0.1, 0.15) is 5.75 Å². The average Bonchev–Trinajstić information content (AvgIpc) is 3.43. The number of benzene rings is 1. The quantitative estimate of drug-likeness (QED) is 0.473. The van der Waals surface area contributed by atoms with Gasteiger partial charge in [-0.25, -0.2) is 0 Å². The second-order valence-electron chi connectivity index (χ2n) is 7.13. The minimum Gasteiger partial charge on any atom is -0.497 e. The summed E-state index contributed by atoms with van der Waals surface area (Å²) in [5, 5.41) is 8.79. The summed E-state index contributed by atoms with van der Waals surface area (Å²) in [4.78, 5) is 30.0. The second-order valence-corrected chi connectivity index (χ2v) is 8.07. The van der Waals surface area contributed by atoms with E-state index in [0.29, 0.717) is 23.9 Å². The van der Waals surface area contributed by atoms with Crippen LogP contribution in [0.25, 0.3) is 10.7 Å². The molecule has 2 aromatic heterocycles. The summed E-state index contributed by atoms with van der Waals surface area (Å²) < 4.78 is 15.7. The molecule has 9 heteroatoms. The van der Waals surface area contributed by atoms with Crippen LogP contribution in [0.4, 0.5) is 0 Å². The number of hydrogen-bond donors (Lipinski definition) is 1. The van der Waals surface area contributed by atoms with Crippen LogP contribution in [0.2, 0.25) is 0 Å². The standard InChI is InChI=1S/C22H25N3O5S/c1-14(2)29-21(27)13-17(15-6-8-16(28-3)9-7-15)23-19(26)10-11-20-24-22(25-30-20)18-5-4-12-31-18/h4-9,12,14,17H,10-11,13H2,1-3H3,(H,23,26). The van der Waals surface area contributed by atoms with Crippen LogP contribution in [0.5, 0.6) is 5.75 Å². The Morgan fingerprint density at radius 3 is 2.61 bits per heavy atom. The lowest BCUT2D eigenvalue weighted by Gasteiger charge is -2.19. The summed E-state index contributed by atoms with van der Waals surface area (Å²) >= 11 is 1.52. The smallest absolute Gasteiger partial charge is 0.308 e. The molecule has 0 saturated heterocycles. The van der Waals surface area contributed by atoms with E-state index in [0.717, 1.165) is 10.4 Å². The molecule has 0 aliphatic heterocycles. The first-order chi connectivity index (χ1) is 14.9. The Bertz CT molecular complexity index is 983. The highest BCUT2D eigenvalue weighted by molar-refractivity contribution is 7.13. The molecule has 0 spiro atoms. The third-order valence-corrected chi connectivity index (χ3v) is 5.23. The molecule has 31 heavy (non-hydrogen) atoms. The largest absolute Gasteiger partial charge is 0.497 e. The van der Waals surface area contributed by atoms with E-state index >= 15 is 0 Å². The van der Waals surface area contributed by atoms with Crippen LogP contribution in [-0.4, -0.2) is 35.2 Å². The van der Waals surface area contributed by atoms with E-state index in [1.54, 1.807) is 33.1 Å². The minimum atomic E-state index is -0.519. The molecule has 0 fully saturated rings. The van der Waals surface area contributed by atoms with Gasteiger partial charge >= 0.3 is 5.97 Å². The van der Waals surface area contributed by atoms with Crippen molar-refractivity contribution in [3.05, 3.63) is 53.2 Å². The van der Waals surface area contributed by atoms with Gasteiger partial charge in [-0.2, -0.15) is 4.98 Å². The Morgan fingerprint density at radius 1 is 1.19 bits per heavy atom. The zero-order valence-corrected chi connectivity index (χ0v) is 18.5. The highest BCUT2D eigenvalue weighted by Crippen LogP contribution is 2.23. The number of ether oxygens (including phenoxy) is 2. The molecule has 0 saturated carbocycles. The Labute approximate surface area is 184 Å². The summed E-state index contributed by atoms with van der Waals surface area (Å²) in [7, 11) is 1.58. The maximum atomic E-state index is 12.6. The number of esters is 1. The van der Waals surface area contributed by atoms with Crippen molar-refractivity contribution in [3.63, 3.8) is 0 Å². The lowest BCUT2D eigenvalue weighted by atomic mass is 10.0. The molecule has 164 valence electrons. The van der Waals surface area contributed by atoms with Crippen molar-refractivity contribution in [3.8, 4) is 16.5 Å². The summed E-state index contributed by atoms with van der Waals surface area (Å²) in [6, 6.07) is 10.5. The van der Waals surface area contributed by atoms with E-state index in [4.69, 9.17) is 14.0 Å². The van der Waals surface area contributed by atoms with Gasteiger partial charge in [0, 0.05) is 12.8 Å². The molecule has 8 nitrogen and oxygen atoms in total. The molecule has 0 aliphatic carbocycles. The summed E-state index contributed by atoms with van der Waals surface area (Å²) in [5.74, 6) is 0.982. The number of amides is 1. The lowest BCUT2D eigenvalue weighted by Crippen LogP contribution is -2.31. The van der Waals surface area contributed by atoms with Gasteiger partial charge in [-0.1, -0.05) is 23.4 Å². The predicted molar refractivity (Wildman–Crippen MR) is 116 cm³/mol. The van der Waals surface area contributed by atoms with Gasteiger partial charge in [-0.05, 0) is 43.0 Å². The molecule has 1 aromatic carbocycles. The van der Waals surface area contributed by atoms with Crippen molar-refractivity contribution < 1.29 is 23.6 Å². The van der Waals surface area contributed by atoms with Gasteiger partial charge in [-0.15, -0.1) is 11.3 Å². The summed E-state index contributed by atoms with van der Waals surface area (Å²) in [6.07, 6.45) is 0.252. The zero-order valence-electron chi connectivity index (χ0n) is 17.7. The van der Waals surface area contributed by atoms with E-state index in [1.165, 1.54) is 11.3 Å². The third-order valence-electron chi connectivity index (χ3n) is 4.37. The molecule has 3 rings (SSSR count). The topological polar surface area (TPSA) is 104 Å². The highest BCUT2D eigenvalue weighted by atomic mass is 32.1. The number of rotatable bonds is 10. The first-order valence-corrected chi connectivity index (χ1v) is 10.8. The van der Waals surface area contributed by atoms with Gasteiger partial charge < -0.3 is 19.3 Å². The van der Waals surface area contributed by atoms with E-state index in [9.17, 15) is 9.59 Å². The molecule has 0 radical (unpaired) electrons. The summed E-state index contributed by atoms with van der Waals surface area (Å²) in [6.45, 7) is 3.57. The van der Waals surface area contributed by atoms with Crippen molar-refractivity contribution in [2.24, 2.45) is 0 Å². The van der Waals surface area contributed by atoms with Gasteiger partial charge in [0.15, 0.2) is 0 Å². The van der Waals surface area contributed by atoms with Crippen LogP contribution in [0.3, 0.4) is 0 Å². The number of nitrogens with zero attached hydrogens (tertiary/aromatic N) is 2. The zero-order chi connectivity index (χ0) is 22.2. The van der Waals surface area contributed by atoms with Crippen molar-refractivity contribution in [2.45, 2.75) is 45.3 Å². The van der Waals surface area contributed by atoms with Gasteiger partial charge in [-0.3, -0.25) is 9.59 Å². The van der Waals surface area contributed by atoms with Gasteiger partial charge in [0.25, 0.3) is 0 Å². The number of carbonyl (C=O) groups is 2. The fourth-order valence-corrected chi connectivity index (χ4v) is 3.56. The lowest BCUT2D eigenvalue weighted by molar-refractivity contribution is -0.148. The molecule has 1 unspecified atom stereocenters. The molecule has 0 aliphatic rings. The minimum absolute atomic E-state index is 0.0271. The van der Waals surface area contributed by atoms with Gasteiger partial charge in [0.2, 0.25) is 17.6 Å². The molecule has 1 amide bonds. The maximum absolute atomic E-state index is 12.6. The van der Waals surface area contributed by atoms with Crippen molar-refractivity contribution >= 4 is 23.2 Å². The molecule has 2 heterocycles. The maximum Gasteiger partial charge on any atom is 0.308 e. The van der Waals surface area contributed by atoms with Crippen molar-refractivity contribution in [2.75, 3.05) is 7.11 Å². The highest BCUT2D eigenvalue weighted by Gasteiger charge is 2.21. The number of aromatic nitrogens is 2. The van der Waals surface area contributed by atoms with Crippen LogP contribution in [0, 0.1) is 0 Å². The number of nitrogens with one attached hydrogen (secondary N) is 1. The molecule has 0 bridgehead atoms. The van der Waals surface area contributed by atoms with Crippen LogP contribution >= 0.6 is 11.3 Å². The first kappa shape index (κ1) is 22.5. The fourth-order valence-electron chi connectivity index (χ4n) is 2.92. The molecule has 3 aromatic rings. The molecule has 1 atom stereocenters. The number of hydrogen-bond acceptors (Lipinski definition) is 8. The van der Waals surface area contributed by atoms with Gasteiger partial charge in [0.05, 0.1) is 30.6 Å². The SMILES string of the molecule is COc1ccc(C(CC(=O)OC(C)C)NC(=O)CCc2nc(-c3cccs3)no2)cc1. The number of carbonyl (C=O) groups excluding carboxylic acids is 2. The normalized spacial score (nSPS) is 11.9. The Morgan fingerprint density at radius 2 is 1.97 bits per heavy atom. The number of aryl methyl sites for hydroxylation is 1. The monoisotopic (exact) mass is 443 g/mol. The summed E-state index contributed by atoms with van der Waals surface area (Å²) in [5.41, 5.74) is 0.785. The first-order valence-electron chi connectivity index (χ1n) is 9.94. The van der Waals surface area contributed by atoms with Crippen LogP contribution in [-0.2, 0) is 20.7 Å². The number of methoxy groups -OCH3 is 1. The van der Waals surface area contributed by atoms with E-state index in [2.05, 4.69) is 15.5 Å². The van der Waals surface area contributed by atoms with Crippen LogP contribution < -0.4 is 10.1 Å². The second kappa shape index (κ2) is 10.7. The average molecular weight is 444 g/mol. The predicted octanol–water partition coefficient (Wildman–Crippen LogP) is 3.94. The van der Waals surface area contributed by atoms with Crippen LogP contribution in [0.1, 0.15) is 44.2 Å². The van der Waals surface area contributed by atoms with Crippen LogP contribution in [0.15, 0.2) is 46.3 Å². The van der Waals surface area contributed by atoms with E-state index < -0.39 is 6.04 Å². The van der Waals surface area contributed by atoms with Crippen molar-refractivity contribution in [1.82, 2.24) is 15.5 Å². The molecular weight excluding hydrogens is 418 g/mol. The Hall–Kier alpha value is -3.20.